The fourth-order valence-corrected chi connectivity index (χ4v) is 1.67. The minimum atomic E-state index is 0.159. The van der Waals surface area contributed by atoms with E-state index in [0.29, 0.717) is 59.4 Å². The van der Waals surface area contributed by atoms with E-state index < -0.39 is 0 Å². The first-order valence-electron chi connectivity index (χ1n) is 8.08. The zero-order chi connectivity index (χ0) is 15.9. The van der Waals surface area contributed by atoms with Crippen LogP contribution in [0.5, 0.6) is 0 Å². The van der Waals surface area contributed by atoms with E-state index in [0.717, 1.165) is 19.4 Å². The third-order valence-electron chi connectivity index (χ3n) is 3.11. The SMILES string of the molecule is CNCCOCCOCCOCCOCCNC(=O)C1CC1. The molecule has 1 aliphatic rings. The van der Waals surface area contributed by atoms with Gasteiger partial charge in [-0.05, 0) is 19.9 Å². The number of hydrogen-bond acceptors (Lipinski definition) is 6. The third-order valence-corrected chi connectivity index (χ3v) is 3.11. The molecule has 130 valence electrons. The van der Waals surface area contributed by atoms with E-state index in [2.05, 4.69) is 10.6 Å². The van der Waals surface area contributed by atoms with Gasteiger partial charge in [-0.25, -0.2) is 0 Å². The Hall–Kier alpha value is -0.730. The molecule has 0 radical (unpaired) electrons. The summed E-state index contributed by atoms with van der Waals surface area (Å²) in [6.07, 6.45) is 2.06. The molecule has 2 N–H and O–H groups in total. The smallest absolute Gasteiger partial charge is 0.223 e. The lowest BCUT2D eigenvalue weighted by Gasteiger charge is -2.08. The van der Waals surface area contributed by atoms with E-state index in [-0.39, 0.29) is 11.8 Å². The van der Waals surface area contributed by atoms with Crippen LogP contribution in [0, 0.1) is 5.92 Å². The Morgan fingerprint density at radius 2 is 1.27 bits per heavy atom. The molecule has 0 aromatic heterocycles. The van der Waals surface area contributed by atoms with Crippen LogP contribution >= 0.6 is 0 Å². The normalized spacial score (nSPS) is 14.2. The van der Waals surface area contributed by atoms with Crippen LogP contribution in [0.1, 0.15) is 12.8 Å². The van der Waals surface area contributed by atoms with Crippen molar-refractivity contribution in [3.05, 3.63) is 0 Å². The Labute approximate surface area is 133 Å². The van der Waals surface area contributed by atoms with Crippen molar-refractivity contribution < 1.29 is 23.7 Å². The van der Waals surface area contributed by atoms with E-state index in [1.807, 2.05) is 7.05 Å². The topological polar surface area (TPSA) is 78.1 Å². The average Bonchev–Trinajstić information content (AvgIpc) is 3.36. The minimum absolute atomic E-state index is 0.159. The molecular weight excluding hydrogens is 288 g/mol. The fourth-order valence-electron chi connectivity index (χ4n) is 1.67. The summed E-state index contributed by atoms with van der Waals surface area (Å²) in [6, 6.07) is 0. The molecule has 7 nitrogen and oxygen atoms in total. The predicted octanol–water partition coefficient (Wildman–Crippen LogP) is -0.202. The number of ether oxygens (including phenoxy) is 4. The molecule has 7 heteroatoms. The Kier molecular flexibility index (Phi) is 12.2. The summed E-state index contributed by atoms with van der Waals surface area (Å²) in [4.78, 5) is 11.3. The summed E-state index contributed by atoms with van der Waals surface area (Å²) in [6.45, 7) is 6.05. The van der Waals surface area contributed by atoms with Crippen LogP contribution in [0.2, 0.25) is 0 Å². The first kappa shape index (κ1) is 19.3. The second kappa shape index (κ2) is 13.9. The first-order chi connectivity index (χ1) is 10.8. The highest BCUT2D eigenvalue weighted by Crippen LogP contribution is 2.28. The Morgan fingerprint density at radius 1 is 0.818 bits per heavy atom. The van der Waals surface area contributed by atoms with Gasteiger partial charge in [-0.1, -0.05) is 0 Å². The van der Waals surface area contributed by atoms with Crippen molar-refractivity contribution in [3.63, 3.8) is 0 Å². The number of nitrogens with one attached hydrogen (secondary N) is 2. The summed E-state index contributed by atoms with van der Waals surface area (Å²) in [5, 5.41) is 5.85. The van der Waals surface area contributed by atoms with Crippen molar-refractivity contribution >= 4 is 5.91 Å². The van der Waals surface area contributed by atoms with E-state index >= 15 is 0 Å². The highest BCUT2D eigenvalue weighted by molar-refractivity contribution is 5.80. The van der Waals surface area contributed by atoms with Crippen molar-refractivity contribution in [3.8, 4) is 0 Å². The Bertz CT molecular complexity index is 275. The summed E-state index contributed by atoms with van der Waals surface area (Å²) >= 11 is 0. The molecule has 0 aliphatic heterocycles. The number of carbonyl (C=O) groups is 1. The van der Waals surface area contributed by atoms with Crippen LogP contribution in [0.25, 0.3) is 0 Å². The van der Waals surface area contributed by atoms with Crippen LogP contribution < -0.4 is 10.6 Å². The van der Waals surface area contributed by atoms with Gasteiger partial charge < -0.3 is 29.6 Å². The maximum Gasteiger partial charge on any atom is 0.223 e. The van der Waals surface area contributed by atoms with Crippen LogP contribution in [0.3, 0.4) is 0 Å². The third kappa shape index (κ3) is 11.9. The molecule has 1 saturated carbocycles. The van der Waals surface area contributed by atoms with Gasteiger partial charge in [0.1, 0.15) is 0 Å². The lowest BCUT2D eigenvalue weighted by atomic mass is 10.4. The van der Waals surface area contributed by atoms with Gasteiger partial charge in [-0.3, -0.25) is 4.79 Å². The van der Waals surface area contributed by atoms with Gasteiger partial charge in [0.15, 0.2) is 0 Å². The molecule has 1 fully saturated rings. The number of likely N-dealkylation sites (N-methyl/N-ethyl adjacent to an activating group) is 1. The summed E-state index contributed by atoms with van der Waals surface area (Å²) < 4.78 is 21.4. The zero-order valence-electron chi connectivity index (χ0n) is 13.6. The lowest BCUT2D eigenvalue weighted by Crippen LogP contribution is -2.28. The molecular formula is C15H30N2O5. The second-order valence-corrected chi connectivity index (χ2v) is 5.12. The fraction of sp³-hybridized carbons (Fsp3) is 0.933. The minimum Gasteiger partial charge on any atom is -0.378 e. The molecule has 0 aromatic carbocycles. The lowest BCUT2D eigenvalue weighted by molar-refractivity contribution is -0.122. The molecule has 1 amide bonds. The standard InChI is InChI=1S/C15H30N2O5/c1-16-4-6-19-8-10-21-12-13-22-11-9-20-7-5-17-15(18)14-2-3-14/h14,16H,2-13H2,1H3,(H,17,18). The molecule has 1 rings (SSSR count). The molecule has 0 bridgehead atoms. The van der Waals surface area contributed by atoms with Gasteiger partial charge in [0, 0.05) is 19.0 Å². The van der Waals surface area contributed by atoms with E-state index in [9.17, 15) is 4.79 Å². The largest absolute Gasteiger partial charge is 0.378 e. The highest BCUT2D eigenvalue weighted by Gasteiger charge is 2.28. The molecule has 0 spiro atoms. The molecule has 1 aliphatic carbocycles. The van der Waals surface area contributed by atoms with Crippen LogP contribution in [0.4, 0.5) is 0 Å². The highest BCUT2D eigenvalue weighted by atomic mass is 16.6. The number of hydrogen-bond donors (Lipinski definition) is 2. The maximum atomic E-state index is 11.3. The van der Waals surface area contributed by atoms with Crippen LogP contribution in [0.15, 0.2) is 0 Å². The summed E-state index contributed by atoms with van der Waals surface area (Å²) in [5.74, 6) is 0.420. The van der Waals surface area contributed by atoms with Crippen LogP contribution in [-0.2, 0) is 23.7 Å². The Balaban J connectivity index is 1.65. The first-order valence-corrected chi connectivity index (χ1v) is 8.08. The van der Waals surface area contributed by atoms with Gasteiger partial charge in [0.2, 0.25) is 5.91 Å². The number of rotatable bonds is 16. The quantitative estimate of drug-likeness (QED) is 0.384. The van der Waals surface area contributed by atoms with Gasteiger partial charge in [0.25, 0.3) is 0 Å². The van der Waals surface area contributed by atoms with Gasteiger partial charge in [-0.15, -0.1) is 0 Å². The monoisotopic (exact) mass is 318 g/mol. The molecule has 0 aromatic rings. The van der Waals surface area contributed by atoms with Crippen molar-refractivity contribution in [1.29, 1.82) is 0 Å². The average molecular weight is 318 g/mol. The zero-order valence-corrected chi connectivity index (χ0v) is 13.6. The molecule has 0 saturated heterocycles. The molecule has 22 heavy (non-hydrogen) atoms. The maximum absolute atomic E-state index is 11.3. The van der Waals surface area contributed by atoms with Crippen LogP contribution in [-0.4, -0.2) is 78.9 Å². The van der Waals surface area contributed by atoms with E-state index in [1.54, 1.807) is 0 Å². The number of carbonyl (C=O) groups excluding carboxylic acids is 1. The van der Waals surface area contributed by atoms with Crippen molar-refractivity contribution in [2.75, 3.05) is 73.0 Å². The number of amides is 1. The molecule has 0 atom stereocenters. The van der Waals surface area contributed by atoms with E-state index in [1.165, 1.54) is 0 Å². The molecule has 0 unspecified atom stereocenters. The Morgan fingerprint density at radius 3 is 1.73 bits per heavy atom. The van der Waals surface area contributed by atoms with Gasteiger partial charge in [-0.2, -0.15) is 0 Å². The summed E-state index contributed by atoms with van der Waals surface area (Å²) in [5.41, 5.74) is 0. The molecule has 0 heterocycles. The summed E-state index contributed by atoms with van der Waals surface area (Å²) in [7, 11) is 1.89. The van der Waals surface area contributed by atoms with Gasteiger partial charge in [0.05, 0.1) is 52.9 Å². The predicted molar refractivity (Wildman–Crippen MR) is 82.9 cm³/mol. The van der Waals surface area contributed by atoms with Crippen molar-refractivity contribution in [2.24, 2.45) is 5.92 Å². The van der Waals surface area contributed by atoms with Gasteiger partial charge >= 0.3 is 0 Å². The van der Waals surface area contributed by atoms with Crippen molar-refractivity contribution in [1.82, 2.24) is 10.6 Å². The van der Waals surface area contributed by atoms with E-state index in [4.69, 9.17) is 18.9 Å². The second-order valence-electron chi connectivity index (χ2n) is 5.12. The van der Waals surface area contributed by atoms with Crippen molar-refractivity contribution in [2.45, 2.75) is 12.8 Å².